The van der Waals surface area contributed by atoms with Crippen LogP contribution in [0.25, 0.3) is 16.7 Å². The van der Waals surface area contributed by atoms with Crippen LogP contribution < -0.4 is 5.32 Å². The van der Waals surface area contributed by atoms with E-state index in [0.717, 1.165) is 16.9 Å². The third kappa shape index (κ3) is 3.64. The monoisotopic (exact) mass is 311 g/mol. The highest BCUT2D eigenvalue weighted by atomic mass is 14.9. The summed E-state index contributed by atoms with van der Waals surface area (Å²) in [6, 6.07) is 27.3. The molecule has 3 rings (SSSR count). The van der Waals surface area contributed by atoms with Crippen molar-refractivity contribution in [2.24, 2.45) is 0 Å². The molecular formula is C23H21N. The van der Waals surface area contributed by atoms with Gasteiger partial charge in [0.25, 0.3) is 0 Å². The number of nitrogens with one attached hydrogen (secondary N) is 1. The van der Waals surface area contributed by atoms with Crippen molar-refractivity contribution < 1.29 is 0 Å². The average molecular weight is 311 g/mol. The Morgan fingerprint density at radius 3 is 1.83 bits per heavy atom. The van der Waals surface area contributed by atoms with E-state index in [1.165, 1.54) is 16.7 Å². The third-order valence-electron chi connectivity index (χ3n) is 4.03. The molecule has 1 heteroatoms. The van der Waals surface area contributed by atoms with Gasteiger partial charge < -0.3 is 5.32 Å². The van der Waals surface area contributed by atoms with E-state index in [0.29, 0.717) is 0 Å². The Balaban J connectivity index is 1.77. The van der Waals surface area contributed by atoms with Gasteiger partial charge in [-0.05, 0) is 53.5 Å². The van der Waals surface area contributed by atoms with Gasteiger partial charge >= 0.3 is 0 Å². The molecule has 0 unspecified atom stereocenters. The molecule has 0 heterocycles. The highest BCUT2D eigenvalue weighted by molar-refractivity contribution is 5.76. The molecule has 0 aliphatic heterocycles. The van der Waals surface area contributed by atoms with Gasteiger partial charge in [0.05, 0.1) is 0 Å². The number of anilines is 2. The van der Waals surface area contributed by atoms with Crippen LogP contribution in [0.15, 0.2) is 97.6 Å². The smallest absolute Gasteiger partial charge is 0.0384 e. The van der Waals surface area contributed by atoms with Gasteiger partial charge in [0, 0.05) is 11.4 Å². The zero-order valence-corrected chi connectivity index (χ0v) is 13.9. The predicted molar refractivity (Wildman–Crippen MR) is 105 cm³/mol. The first-order valence-electron chi connectivity index (χ1n) is 8.12. The molecule has 0 aromatic heterocycles. The van der Waals surface area contributed by atoms with Crippen molar-refractivity contribution in [1.29, 1.82) is 0 Å². The summed E-state index contributed by atoms with van der Waals surface area (Å²) in [7, 11) is 0. The Hall–Kier alpha value is -3.06. The third-order valence-corrected chi connectivity index (χ3v) is 4.03. The molecule has 0 aliphatic rings. The van der Waals surface area contributed by atoms with Crippen LogP contribution in [0.4, 0.5) is 11.4 Å². The number of benzene rings is 3. The summed E-state index contributed by atoms with van der Waals surface area (Å²) in [5.41, 5.74) is 6.95. The molecule has 0 aliphatic carbocycles. The van der Waals surface area contributed by atoms with E-state index in [-0.39, 0.29) is 0 Å². The summed E-state index contributed by atoms with van der Waals surface area (Å²) in [5, 5.41) is 3.40. The van der Waals surface area contributed by atoms with Gasteiger partial charge in [-0.25, -0.2) is 0 Å². The molecule has 0 bridgehead atoms. The molecule has 0 spiro atoms. The number of rotatable bonds is 5. The van der Waals surface area contributed by atoms with Gasteiger partial charge in [-0.1, -0.05) is 73.3 Å². The maximum Gasteiger partial charge on any atom is 0.0384 e. The number of hydrogen-bond acceptors (Lipinski definition) is 1. The van der Waals surface area contributed by atoms with Crippen molar-refractivity contribution in [3.05, 3.63) is 103 Å². The van der Waals surface area contributed by atoms with E-state index in [2.05, 4.69) is 78.6 Å². The molecular weight excluding hydrogens is 290 g/mol. The summed E-state index contributed by atoms with van der Waals surface area (Å²) < 4.78 is 0. The lowest BCUT2D eigenvalue weighted by Crippen LogP contribution is -1.89. The van der Waals surface area contributed by atoms with E-state index >= 15 is 0 Å². The highest BCUT2D eigenvalue weighted by Crippen LogP contribution is 2.25. The van der Waals surface area contributed by atoms with Crippen LogP contribution >= 0.6 is 0 Å². The first-order chi connectivity index (χ1) is 11.8. The van der Waals surface area contributed by atoms with Gasteiger partial charge in [-0.2, -0.15) is 0 Å². The number of para-hydroxylation sites is 1. The molecule has 118 valence electrons. The van der Waals surface area contributed by atoms with Crippen LogP contribution in [0.1, 0.15) is 12.5 Å². The van der Waals surface area contributed by atoms with Crippen molar-refractivity contribution >= 4 is 16.9 Å². The standard InChI is InChI=1S/C23H21N/c1-3-18(4-2)19-10-12-20(13-11-19)21-14-16-23(17-15-21)24-22-8-6-5-7-9-22/h3-17,24H,1H2,2H3/b18-4+. The summed E-state index contributed by atoms with van der Waals surface area (Å²) in [5.74, 6) is 0. The SMILES string of the molecule is C=C/C(=C\C)c1ccc(-c2ccc(Nc3ccccc3)cc2)cc1. The summed E-state index contributed by atoms with van der Waals surface area (Å²) in [4.78, 5) is 0. The van der Waals surface area contributed by atoms with E-state index in [9.17, 15) is 0 Å². The molecule has 1 nitrogen and oxygen atoms in total. The van der Waals surface area contributed by atoms with Gasteiger partial charge in [-0.3, -0.25) is 0 Å². The largest absolute Gasteiger partial charge is 0.356 e. The minimum absolute atomic E-state index is 1.09. The van der Waals surface area contributed by atoms with E-state index < -0.39 is 0 Å². The van der Waals surface area contributed by atoms with Crippen LogP contribution in [-0.2, 0) is 0 Å². The van der Waals surface area contributed by atoms with Crippen LogP contribution in [-0.4, -0.2) is 0 Å². The molecule has 0 fully saturated rings. The lowest BCUT2D eigenvalue weighted by molar-refractivity contribution is 1.53. The van der Waals surface area contributed by atoms with Crippen molar-refractivity contribution in [1.82, 2.24) is 0 Å². The second-order valence-electron chi connectivity index (χ2n) is 5.59. The predicted octanol–water partition coefficient (Wildman–Crippen LogP) is 6.69. The molecule has 1 N–H and O–H groups in total. The van der Waals surface area contributed by atoms with Crippen LogP contribution in [0, 0.1) is 0 Å². The van der Waals surface area contributed by atoms with Crippen molar-refractivity contribution in [2.75, 3.05) is 5.32 Å². The summed E-state index contributed by atoms with van der Waals surface area (Å²) in [6.45, 7) is 5.89. The summed E-state index contributed by atoms with van der Waals surface area (Å²) in [6.07, 6.45) is 3.96. The van der Waals surface area contributed by atoms with Crippen molar-refractivity contribution in [3.8, 4) is 11.1 Å². The molecule has 0 radical (unpaired) electrons. The Morgan fingerprint density at radius 2 is 1.29 bits per heavy atom. The molecule has 0 saturated carbocycles. The maximum absolute atomic E-state index is 3.86. The maximum atomic E-state index is 3.86. The molecule has 0 saturated heterocycles. The van der Waals surface area contributed by atoms with Gasteiger partial charge in [0.2, 0.25) is 0 Å². The summed E-state index contributed by atoms with van der Waals surface area (Å²) >= 11 is 0. The number of allylic oxidation sites excluding steroid dienone is 3. The Bertz CT molecular complexity index is 825. The number of hydrogen-bond donors (Lipinski definition) is 1. The van der Waals surface area contributed by atoms with Gasteiger partial charge in [0.1, 0.15) is 0 Å². The fourth-order valence-corrected chi connectivity index (χ4v) is 2.69. The quantitative estimate of drug-likeness (QED) is 0.518. The Kier molecular flexibility index (Phi) is 4.93. The van der Waals surface area contributed by atoms with E-state index in [4.69, 9.17) is 0 Å². The fourth-order valence-electron chi connectivity index (χ4n) is 2.69. The average Bonchev–Trinajstić information content (AvgIpc) is 2.65. The lowest BCUT2D eigenvalue weighted by atomic mass is 10.00. The zero-order valence-electron chi connectivity index (χ0n) is 13.9. The molecule has 3 aromatic carbocycles. The van der Waals surface area contributed by atoms with Gasteiger partial charge in [-0.15, -0.1) is 0 Å². The van der Waals surface area contributed by atoms with Crippen LogP contribution in [0.2, 0.25) is 0 Å². The van der Waals surface area contributed by atoms with Gasteiger partial charge in [0.15, 0.2) is 0 Å². The molecule has 0 atom stereocenters. The highest BCUT2D eigenvalue weighted by Gasteiger charge is 2.01. The Labute approximate surface area is 144 Å². The second-order valence-corrected chi connectivity index (χ2v) is 5.59. The normalized spacial score (nSPS) is 11.1. The first-order valence-corrected chi connectivity index (χ1v) is 8.12. The minimum Gasteiger partial charge on any atom is -0.356 e. The molecule has 0 amide bonds. The van der Waals surface area contributed by atoms with Crippen LogP contribution in [0.3, 0.4) is 0 Å². The topological polar surface area (TPSA) is 12.0 Å². The van der Waals surface area contributed by atoms with Crippen molar-refractivity contribution in [2.45, 2.75) is 6.92 Å². The minimum atomic E-state index is 1.09. The van der Waals surface area contributed by atoms with E-state index in [1.54, 1.807) is 0 Å². The fraction of sp³-hybridized carbons (Fsp3) is 0.0435. The second kappa shape index (κ2) is 7.47. The van der Waals surface area contributed by atoms with E-state index in [1.807, 2.05) is 31.2 Å². The van der Waals surface area contributed by atoms with Crippen molar-refractivity contribution in [3.63, 3.8) is 0 Å². The van der Waals surface area contributed by atoms with Crippen LogP contribution in [0.5, 0.6) is 0 Å². The zero-order chi connectivity index (χ0) is 16.8. The molecule has 3 aromatic rings. The molecule has 24 heavy (non-hydrogen) atoms. The lowest BCUT2D eigenvalue weighted by Gasteiger charge is -2.08. The first kappa shape index (κ1) is 15.8. The Morgan fingerprint density at radius 1 is 0.750 bits per heavy atom.